The molecule has 0 fully saturated rings. The Morgan fingerprint density at radius 3 is 2.20 bits per heavy atom. The molecule has 0 heterocycles. The highest BCUT2D eigenvalue weighted by molar-refractivity contribution is 7.92. The first-order valence-electron chi connectivity index (χ1n) is 13.5. The van der Waals surface area contributed by atoms with Crippen LogP contribution >= 0.6 is 0 Å². The summed E-state index contributed by atoms with van der Waals surface area (Å²) in [5.41, 5.74) is 2.85. The van der Waals surface area contributed by atoms with E-state index in [1.165, 1.54) is 29.2 Å². The minimum Gasteiger partial charge on any atom is -0.354 e. The van der Waals surface area contributed by atoms with E-state index in [-0.39, 0.29) is 23.0 Å². The van der Waals surface area contributed by atoms with Gasteiger partial charge in [-0.25, -0.2) is 12.8 Å². The van der Waals surface area contributed by atoms with E-state index < -0.39 is 34.3 Å². The minimum absolute atomic E-state index is 0.00445. The molecule has 2 amide bonds. The van der Waals surface area contributed by atoms with Crippen molar-refractivity contribution in [3.05, 3.63) is 95.3 Å². The number of nitrogens with zero attached hydrogens (tertiary/aromatic N) is 2. The number of carbonyl (C=O) groups is 2. The number of rotatable bonds is 13. The number of benzene rings is 3. The summed E-state index contributed by atoms with van der Waals surface area (Å²) in [6, 6.07) is 18.1. The zero-order valence-corrected chi connectivity index (χ0v) is 24.4. The van der Waals surface area contributed by atoms with Crippen LogP contribution in [-0.4, -0.2) is 44.3 Å². The highest BCUT2D eigenvalue weighted by atomic mass is 32.2. The molecule has 9 heteroatoms. The van der Waals surface area contributed by atoms with Crippen molar-refractivity contribution in [2.24, 2.45) is 0 Å². The molecule has 7 nitrogen and oxygen atoms in total. The van der Waals surface area contributed by atoms with Gasteiger partial charge in [0.05, 0.1) is 10.6 Å². The summed E-state index contributed by atoms with van der Waals surface area (Å²) < 4.78 is 42.4. The van der Waals surface area contributed by atoms with Crippen LogP contribution in [0.3, 0.4) is 0 Å². The van der Waals surface area contributed by atoms with Gasteiger partial charge in [0.25, 0.3) is 10.0 Å². The van der Waals surface area contributed by atoms with Gasteiger partial charge < -0.3 is 10.2 Å². The number of hydrogen-bond donors (Lipinski definition) is 1. The van der Waals surface area contributed by atoms with Crippen LogP contribution in [-0.2, 0) is 26.2 Å². The van der Waals surface area contributed by atoms with Crippen LogP contribution in [0.1, 0.15) is 49.8 Å². The second-order valence-corrected chi connectivity index (χ2v) is 11.7. The lowest BCUT2D eigenvalue weighted by Crippen LogP contribution is -2.52. The highest BCUT2D eigenvalue weighted by Gasteiger charge is 2.33. The number of anilines is 1. The van der Waals surface area contributed by atoms with Gasteiger partial charge >= 0.3 is 0 Å². The molecule has 3 aromatic carbocycles. The summed E-state index contributed by atoms with van der Waals surface area (Å²) in [5.74, 6) is -1.36. The van der Waals surface area contributed by atoms with Crippen LogP contribution in [0.4, 0.5) is 10.1 Å². The number of aryl methyl sites for hydroxylation is 2. The van der Waals surface area contributed by atoms with Gasteiger partial charge in [-0.15, -0.1) is 0 Å². The van der Waals surface area contributed by atoms with E-state index in [2.05, 4.69) is 5.32 Å². The molecule has 3 rings (SSSR count). The van der Waals surface area contributed by atoms with Crippen LogP contribution in [0.2, 0.25) is 0 Å². The van der Waals surface area contributed by atoms with E-state index in [9.17, 15) is 22.4 Å². The Bertz CT molecular complexity index is 1390. The third-order valence-electron chi connectivity index (χ3n) is 6.65. The van der Waals surface area contributed by atoms with Crippen molar-refractivity contribution in [2.45, 2.75) is 64.4 Å². The van der Waals surface area contributed by atoms with E-state index in [1.807, 2.05) is 52.0 Å². The topological polar surface area (TPSA) is 86.8 Å². The number of nitrogens with one attached hydrogen (secondary N) is 1. The van der Waals surface area contributed by atoms with Crippen LogP contribution in [0.15, 0.2) is 77.7 Å². The van der Waals surface area contributed by atoms with E-state index in [1.54, 1.807) is 12.1 Å². The zero-order valence-electron chi connectivity index (χ0n) is 23.6. The van der Waals surface area contributed by atoms with E-state index in [4.69, 9.17) is 0 Å². The SMILES string of the molecule is CCCCNC(=O)C(CC)N(Cc1cccc(C)c1)C(=O)CN(c1ccc(F)cc1)S(=O)(=O)c1ccc(C)cc1. The first-order valence-corrected chi connectivity index (χ1v) is 15.0. The molecule has 1 atom stereocenters. The van der Waals surface area contributed by atoms with Crippen LogP contribution in [0.25, 0.3) is 0 Å². The molecule has 0 saturated heterocycles. The Labute approximate surface area is 237 Å². The molecule has 0 radical (unpaired) electrons. The lowest BCUT2D eigenvalue weighted by molar-refractivity contribution is -0.140. The predicted molar refractivity (Wildman–Crippen MR) is 156 cm³/mol. The molecule has 0 aliphatic rings. The Balaban J connectivity index is 2.03. The van der Waals surface area contributed by atoms with Gasteiger partial charge in [-0.2, -0.15) is 0 Å². The molecule has 0 spiro atoms. The molecular weight excluding hydrogens is 529 g/mol. The van der Waals surface area contributed by atoms with Crippen molar-refractivity contribution < 1.29 is 22.4 Å². The van der Waals surface area contributed by atoms with Crippen molar-refractivity contribution >= 4 is 27.5 Å². The summed E-state index contributed by atoms with van der Waals surface area (Å²) in [4.78, 5) is 28.7. The monoisotopic (exact) mass is 567 g/mol. The smallest absolute Gasteiger partial charge is 0.264 e. The number of amides is 2. The highest BCUT2D eigenvalue weighted by Crippen LogP contribution is 2.25. The maximum atomic E-state index is 14.0. The third kappa shape index (κ3) is 7.91. The fourth-order valence-corrected chi connectivity index (χ4v) is 5.82. The number of unbranched alkanes of at least 4 members (excludes halogenated alkanes) is 1. The van der Waals surface area contributed by atoms with Gasteiger partial charge in [0.1, 0.15) is 18.4 Å². The summed E-state index contributed by atoms with van der Waals surface area (Å²) in [6.07, 6.45) is 2.06. The van der Waals surface area contributed by atoms with Crippen LogP contribution in [0, 0.1) is 19.7 Å². The van der Waals surface area contributed by atoms with E-state index in [0.717, 1.165) is 46.0 Å². The van der Waals surface area contributed by atoms with Crippen molar-refractivity contribution in [2.75, 3.05) is 17.4 Å². The predicted octanol–water partition coefficient (Wildman–Crippen LogP) is 5.36. The molecule has 214 valence electrons. The first-order chi connectivity index (χ1) is 19.1. The summed E-state index contributed by atoms with van der Waals surface area (Å²) >= 11 is 0. The molecule has 40 heavy (non-hydrogen) atoms. The molecule has 0 aromatic heterocycles. The van der Waals surface area contributed by atoms with Gasteiger partial charge in [-0.3, -0.25) is 13.9 Å². The fraction of sp³-hybridized carbons (Fsp3) is 0.355. The fourth-order valence-electron chi connectivity index (χ4n) is 4.41. The maximum absolute atomic E-state index is 14.0. The molecule has 0 bridgehead atoms. The van der Waals surface area contributed by atoms with Gasteiger partial charge in [-0.1, -0.05) is 67.8 Å². The molecule has 3 aromatic rings. The Morgan fingerprint density at radius 2 is 1.60 bits per heavy atom. The van der Waals surface area contributed by atoms with Gasteiger partial charge in [0.15, 0.2) is 0 Å². The molecule has 1 unspecified atom stereocenters. The lowest BCUT2D eigenvalue weighted by Gasteiger charge is -2.33. The van der Waals surface area contributed by atoms with Gasteiger partial charge in [0.2, 0.25) is 11.8 Å². The van der Waals surface area contributed by atoms with E-state index in [0.29, 0.717) is 13.0 Å². The average Bonchev–Trinajstić information content (AvgIpc) is 2.92. The maximum Gasteiger partial charge on any atom is 0.264 e. The standard InChI is InChI=1S/C31H38FN3O4S/c1-5-7-19-33-31(37)29(6-2)34(21-25-10-8-9-24(4)20-25)30(36)22-35(27-15-13-26(32)14-16-27)40(38,39)28-17-11-23(3)12-18-28/h8-18,20,29H,5-7,19,21-22H2,1-4H3,(H,33,37). The van der Waals surface area contributed by atoms with Crippen molar-refractivity contribution in [1.29, 1.82) is 0 Å². The largest absolute Gasteiger partial charge is 0.354 e. The Morgan fingerprint density at radius 1 is 0.925 bits per heavy atom. The Kier molecular flexibility index (Phi) is 10.8. The third-order valence-corrected chi connectivity index (χ3v) is 8.44. The minimum atomic E-state index is -4.20. The second-order valence-electron chi connectivity index (χ2n) is 9.88. The molecule has 0 saturated carbocycles. The van der Waals surface area contributed by atoms with Crippen LogP contribution < -0.4 is 9.62 Å². The van der Waals surface area contributed by atoms with Crippen molar-refractivity contribution in [3.63, 3.8) is 0 Å². The van der Waals surface area contributed by atoms with E-state index >= 15 is 0 Å². The zero-order chi connectivity index (χ0) is 29.3. The molecule has 0 aliphatic heterocycles. The molecule has 1 N–H and O–H groups in total. The first kappa shape index (κ1) is 30.8. The molecule has 0 aliphatic carbocycles. The number of hydrogen-bond acceptors (Lipinski definition) is 4. The van der Waals surface area contributed by atoms with Crippen molar-refractivity contribution in [1.82, 2.24) is 10.2 Å². The number of carbonyl (C=O) groups excluding carboxylic acids is 2. The quantitative estimate of drug-likeness (QED) is 0.282. The van der Waals surface area contributed by atoms with Crippen LogP contribution in [0.5, 0.6) is 0 Å². The summed E-state index contributed by atoms with van der Waals surface area (Å²) in [5, 5.41) is 2.91. The summed E-state index contributed by atoms with van der Waals surface area (Å²) in [7, 11) is -4.20. The lowest BCUT2D eigenvalue weighted by atomic mass is 10.1. The summed E-state index contributed by atoms with van der Waals surface area (Å²) in [6.45, 7) is 7.68. The second kappa shape index (κ2) is 14.1. The number of sulfonamides is 1. The molecular formula is C31H38FN3O4S. The van der Waals surface area contributed by atoms with Gasteiger partial charge in [-0.05, 0) is 68.7 Å². The van der Waals surface area contributed by atoms with Crippen molar-refractivity contribution in [3.8, 4) is 0 Å². The van der Waals surface area contributed by atoms with Gasteiger partial charge in [0, 0.05) is 13.1 Å². The number of halogens is 1. The average molecular weight is 568 g/mol. The Hall–Kier alpha value is -3.72. The normalized spacial score (nSPS) is 12.0.